The zero-order chi connectivity index (χ0) is 22.0. The molecule has 0 saturated carbocycles. The van der Waals surface area contributed by atoms with Gasteiger partial charge in [0.1, 0.15) is 0 Å². The first kappa shape index (κ1) is 27.2. The van der Waals surface area contributed by atoms with Crippen molar-refractivity contribution in [3.8, 4) is 0 Å². The van der Waals surface area contributed by atoms with Gasteiger partial charge < -0.3 is 17.9 Å². The third kappa shape index (κ3) is 8.32. The van der Waals surface area contributed by atoms with Crippen LogP contribution in [0.25, 0.3) is 16.5 Å². The molecule has 0 aromatic heterocycles. The molecule has 7 heteroatoms. The average Bonchev–Trinajstić information content (AvgIpc) is 2.80. The van der Waals surface area contributed by atoms with E-state index in [-0.39, 0.29) is 13.2 Å². The summed E-state index contributed by atoms with van der Waals surface area (Å²) in [6.07, 6.45) is 1.71. The molecule has 1 N–H and O–H groups in total. The van der Waals surface area contributed by atoms with Crippen LogP contribution in [0.1, 0.15) is 34.3 Å². The van der Waals surface area contributed by atoms with Gasteiger partial charge in [-0.05, 0) is 11.1 Å². The van der Waals surface area contributed by atoms with Crippen molar-refractivity contribution in [1.29, 1.82) is 0 Å². The van der Waals surface area contributed by atoms with Crippen LogP contribution in [0.15, 0.2) is 91.5 Å². The van der Waals surface area contributed by atoms with Crippen LogP contribution >= 0.6 is 9.69 Å². The van der Waals surface area contributed by atoms with Crippen molar-refractivity contribution < 1.29 is 25.7 Å². The van der Waals surface area contributed by atoms with E-state index in [0.29, 0.717) is 11.1 Å². The number of halogens is 1. The van der Waals surface area contributed by atoms with Gasteiger partial charge in [0.15, 0.2) is 0 Å². The van der Waals surface area contributed by atoms with Crippen molar-refractivity contribution >= 4 is 25.8 Å². The number of nitrogens with one attached hydrogen (secondary N) is 1. The fourth-order valence-corrected chi connectivity index (χ4v) is 4.26. The van der Waals surface area contributed by atoms with E-state index >= 15 is 0 Å². The van der Waals surface area contributed by atoms with Crippen LogP contribution in [0.3, 0.4) is 0 Å². The van der Waals surface area contributed by atoms with Gasteiger partial charge in [0.05, 0.1) is 15.8 Å². The van der Waals surface area contributed by atoms with Crippen molar-refractivity contribution in [2.75, 3.05) is 0 Å². The number of rotatable bonds is 8. The SMILES string of the molecule is C=Cc1ccc(CS(=O)(=O)[N-]C(c2ccccc2)C([NH-])c2ccccc2)cc1.[CH3-].[Cl][Ru+3]. The topological polar surface area (TPSA) is 72.0 Å². The number of sulfonamides is 1. The predicted octanol–water partition coefficient (Wildman–Crippen LogP) is 7.21. The molecule has 2 unspecified atom stereocenters. The van der Waals surface area contributed by atoms with E-state index < -0.39 is 22.1 Å². The summed E-state index contributed by atoms with van der Waals surface area (Å²) in [5.41, 5.74) is 11.7. The Morgan fingerprint density at radius 3 is 1.87 bits per heavy atom. The van der Waals surface area contributed by atoms with Gasteiger partial charge in [-0.3, -0.25) is 0 Å². The quantitative estimate of drug-likeness (QED) is 0.223. The average molecular weight is 542 g/mol. The molecule has 0 spiro atoms. The third-order valence-electron chi connectivity index (χ3n) is 4.45. The summed E-state index contributed by atoms with van der Waals surface area (Å²) in [6, 6.07) is 23.9. The second kappa shape index (κ2) is 13.6. The summed E-state index contributed by atoms with van der Waals surface area (Å²) < 4.78 is 29.8. The van der Waals surface area contributed by atoms with Crippen LogP contribution in [0, 0.1) is 7.43 Å². The van der Waals surface area contributed by atoms with Crippen LogP contribution in [-0.2, 0) is 33.1 Å². The molecule has 2 atom stereocenters. The molecule has 0 aliphatic rings. The van der Waals surface area contributed by atoms with E-state index in [0.717, 1.165) is 11.1 Å². The second-order valence-corrected chi connectivity index (χ2v) is 8.18. The van der Waals surface area contributed by atoms with Crippen LogP contribution in [0.2, 0.25) is 0 Å². The zero-order valence-electron chi connectivity index (χ0n) is 17.1. The summed E-state index contributed by atoms with van der Waals surface area (Å²) >= 11 is 1.82. The molecule has 0 fully saturated rings. The maximum absolute atomic E-state index is 12.8. The van der Waals surface area contributed by atoms with Gasteiger partial charge in [-0.2, -0.15) is 0 Å². The molecule has 0 radical (unpaired) electrons. The normalized spacial score (nSPS) is 12.5. The molecule has 164 valence electrons. The molecule has 0 heterocycles. The number of hydrogen-bond acceptors (Lipinski definition) is 2. The first-order valence-electron chi connectivity index (χ1n) is 9.09. The van der Waals surface area contributed by atoms with Gasteiger partial charge in [0, 0.05) is 0 Å². The Kier molecular flexibility index (Phi) is 11.9. The molecule has 31 heavy (non-hydrogen) atoms. The summed E-state index contributed by atoms with van der Waals surface area (Å²) in [6.45, 7) is 3.70. The minimum atomic E-state index is -3.78. The number of benzene rings is 3. The van der Waals surface area contributed by atoms with Crippen LogP contribution < -0.4 is 0 Å². The van der Waals surface area contributed by atoms with Crippen molar-refractivity contribution in [1.82, 2.24) is 0 Å². The van der Waals surface area contributed by atoms with E-state index in [1.165, 1.54) is 0 Å². The Bertz CT molecular complexity index is 1010. The van der Waals surface area contributed by atoms with Gasteiger partial charge in [0.25, 0.3) is 0 Å². The number of nitrogens with zero attached hydrogens (tertiary/aromatic N) is 1. The van der Waals surface area contributed by atoms with Gasteiger partial charge in [-0.25, -0.2) is 8.42 Å². The van der Waals surface area contributed by atoms with Crippen molar-refractivity contribution in [3.05, 3.63) is 132 Å². The van der Waals surface area contributed by atoms with Crippen molar-refractivity contribution in [2.24, 2.45) is 0 Å². The molecule has 3 rings (SSSR count). The molecular formula is C24H25ClN2O2RuS. The van der Waals surface area contributed by atoms with E-state index in [2.05, 4.69) is 21.0 Å². The first-order chi connectivity index (χ1) is 14.5. The van der Waals surface area contributed by atoms with Gasteiger partial charge >= 0.3 is 27.0 Å². The molecule has 3 aromatic carbocycles. The zero-order valence-corrected chi connectivity index (χ0v) is 20.4. The van der Waals surface area contributed by atoms with Gasteiger partial charge in [-0.15, -0.1) is 12.1 Å². The summed E-state index contributed by atoms with van der Waals surface area (Å²) in [5, 5.41) is 0. The Morgan fingerprint density at radius 2 is 1.39 bits per heavy atom. The van der Waals surface area contributed by atoms with E-state index in [9.17, 15) is 8.42 Å². The maximum atomic E-state index is 12.8. The predicted molar refractivity (Wildman–Crippen MR) is 127 cm³/mol. The second-order valence-electron chi connectivity index (χ2n) is 6.52. The van der Waals surface area contributed by atoms with Gasteiger partial charge in [0.2, 0.25) is 0 Å². The Labute approximate surface area is 200 Å². The molecule has 3 aromatic rings. The van der Waals surface area contributed by atoms with Crippen LogP contribution in [0.4, 0.5) is 0 Å². The van der Waals surface area contributed by atoms with Gasteiger partial charge in [-0.1, -0.05) is 109 Å². The minimum absolute atomic E-state index is 0. The Balaban J connectivity index is 0.00000156. The first-order valence-corrected chi connectivity index (χ1v) is 12.9. The van der Waals surface area contributed by atoms with Crippen LogP contribution in [0.5, 0.6) is 0 Å². The molecule has 0 amide bonds. The van der Waals surface area contributed by atoms with E-state index in [4.69, 9.17) is 5.73 Å². The number of hydrogen-bond donors (Lipinski definition) is 0. The van der Waals surface area contributed by atoms with Crippen molar-refractivity contribution in [3.63, 3.8) is 0 Å². The fourth-order valence-electron chi connectivity index (χ4n) is 2.98. The summed E-state index contributed by atoms with van der Waals surface area (Å²) in [4.78, 5) is 0. The Hall–Kier alpha value is -1.82. The molecule has 4 nitrogen and oxygen atoms in total. The fraction of sp³-hybridized carbons (Fsp3) is 0.125. The molecule has 0 aliphatic heterocycles. The molecule has 0 aliphatic carbocycles. The Morgan fingerprint density at radius 1 is 0.903 bits per heavy atom. The molecular weight excluding hydrogens is 517 g/mol. The summed E-state index contributed by atoms with van der Waals surface area (Å²) in [7, 11) is 0.793. The standard InChI is InChI=1S/C23H22N2O2S.CH3.ClH.Ru/c1-2-18-13-15-19(16-14-18)17-28(26,27)25-23(21-11-7-4-8-12-21)22(24)20-9-5-3-6-10-20;;;/h2-16,22-24H,1,17H2;1H3;1H;/q-2;-1;;+4/p-1. The van der Waals surface area contributed by atoms with Crippen LogP contribution in [-0.4, -0.2) is 8.42 Å². The molecule has 0 saturated heterocycles. The monoisotopic (exact) mass is 542 g/mol. The third-order valence-corrected chi connectivity index (χ3v) is 5.70. The van der Waals surface area contributed by atoms with E-state index in [1.807, 2.05) is 90.1 Å². The van der Waals surface area contributed by atoms with E-state index in [1.54, 1.807) is 18.2 Å². The summed E-state index contributed by atoms with van der Waals surface area (Å²) in [5.74, 6) is -0.199. The van der Waals surface area contributed by atoms with Crippen molar-refractivity contribution in [2.45, 2.75) is 17.8 Å². The molecule has 0 bridgehead atoms.